The van der Waals surface area contributed by atoms with E-state index < -0.39 is 11.7 Å². The zero-order chi connectivity index (χ0) is 14.3. The van der Waals surface area contributed by atoms with Crippen LogP contribution in [0.4, 0.5) is 13.2 Å². The summed E-state index contributed by atoms with van der Waals surface area (Å²) in [5, 5.41) is 3.32. The van der Waals surface area contributed by atoms with Crippen molar-refractivity contribution >= 4 is 6.08 Å². The number of benzene rings is 1. The predicted molar refractivity (Wildman–Crippen MR) is 65.7 cm³/mol. The number of hydrogen-bond acceptors (Lipinski definition) is 2. The fraction of sp³-hybridized carbons (Fsp3) is 0.333. The molecule has 0 unspecified atom stereocenters. The third-order valence-electron chi connectivity index (χ3n) is 2.26. The van der Waals surface area contributed by atoms with Crippen molar-refractivity contribution in [2.75, 3.05) is 13.7 Å². The fourth-order valence-electron chi connectivity index (χ4n) is 1.40. The Bertz CT molecular complexity index is 505. The molecule has 0 aromatic heterocycles. The van der Waals surface area contributed by atoms with E-state index in [0.717, 1.165) is 12.1 Å². The summed E-state index contributed by atoms with van der Waals surface area (Å²) in [5.74, 6) is 0.143. The molecule has 0 heterocycles. The highest BCUT2D eigenvalue weighted by Crippen LogP contribution is 2.32. The molecule has 1 aromatic rings. The third-order valence-corrected chi connectivity index (χ3v) is 2.26. The molecular formula is C12H12F3N3O. The first-order chi connectivity index (χ1) is 8.97. The van der Waals surface area contributed by atoms with E-state index >= 15 is 0 Å². The van der Waals surface area contributed by atoms with Crippen molar-refractivity contribution in [1.29, 1.82) is 0 Å². The van der Waals surface area contributed by atoms with E-state index in [1.807, 2.05) is 0 Å². The summed E-state index contributed by atoms with van der Waals surface area (Å²) >= 11 is 0. The van der Waals surface area contributed by atoms with Crippen molar-refractivity contribution in [2.24, 2.45) is 5.11 Å². The van der Waals surface area contributed by atoms with Crippen LogP contribution >= 0.6 is 0 Å². The second kappa shape index (κ2) is 6.70. The Morgan fingerprint density at radius 1 is 1.37 bits per heavy atom. The molecule has 102 valence electrons. The van der Waals surface area contributed by atoms with Gasteiger partial charge in [-0.2, -0.15) is 13.2 Å². The molecule has 0 atom stereocenters. The summed E-state index contributed by atoms with van der Waals surface area (Å²) in [6.45, 7) is 0.267. The Hall–Kier alpha value is -2.14. The summed E-state index contributed by atoms with van der Waals surface area (Å²) in [5.41, 5.74) is 7.69. The Morgan fingerprint density at radius 3 is 2.68 bits per heavy atom. The number of azide groups is 1. The van der Waals surface area contributed by atoms with E-state index in [1.54, 1.807) is 6.08 Å². The lowest BCUT2D eigenvalue weighted by Gasteiger charge is -2.10. The highest BCUT2D eigenvalue weighted by molar-refractivity contribution is 5.54. The van der Waals surface area contributed by atoms with Gasteiger partial charge in [-0.05, 0) is 35.7 Å². The van der Waals surface area contributed by atoms with E-state index in [1.165, 1.54) is 19.3 Å². The largest absolute Gasteiger partial charge is 0.497 e. The first kappa shape index (κ1) is 14.9. The fourth-order valence-corrected chi connectivity index (χ4v) is 1.40. The maximum absolute atomic E-state index is 12.6. The molecular weight excluding hydrogens is 259 g/mol. The van der Waals surface area contributed by atoms with Gasteiger partial charge < -0.3 is 4.74 Å². The number of rotatable bonds is 5. The van der Waals surface area contributed by atoms with Crippen LogP contribution in [-0.4, -0.2) is 13.7 Å². The molecule has 0 radical (unpaired) electrons. The zero-order valence-electron chi connectivity index (χ0n) is 10.2. The highest BCUT2D eigenvalue weighted by Gasteiger charge is 2.31. The second-order valence-electron chi connectivity index (χ2n) is 3.64. The van der Waals surface area contributed by atoms with Crippen molar-refractivity contribution < 1.29 is 17.9 Å². The van der Waals surface area contributed by atoms with Crippen molar-refractivity contribution in [3.63, 3.8) is 0 Å². The van der Waals surface area contributed by atoms with Crippen LogP contribution in [0, 0.1) is 0 Å². The molecule has 0 bridgehead atoms. The maximum Gasteiger partial charge on any atom is 0.416 e. The standard InChI is InChI=1S/C12H12F3N3O/c1-19-11-7-9(4-2-3-5-17-18-16)6-10(8-11)12(13,14)15/h2,4,6-8H,3,5H2,1H3. The van der Waals surface area contributed by atoms with Gasteiger partial charge in [-0.1, -0.05) is 17.3 Å². The monoisotopic (exact) mass is 271 g/mol. The molecule has 0 aliphatic heterocycles. The summed E-state index contributed by atoms with van der Waals surface area (Å²) in [4.78, 5) is 2.58. The molecule has 0 saturated carbocycles. The number of halogens is 3. The highest BCUT2D eigenvalue weighted by atomic mass is 19.4. The minimum absolute atomic E-state index is 0.143. The van der Waals surface area contributed by atoms with Crippen LogP contribution < -0.4 is 4.74 Å². The lowest BCUT2D eigenvalue weighted by atomic mass is 10.1. The molecule has 0 saturated heterocycles. The average molecular weight is 271 g/mol. The molecule has 0 N–H and O–H groups in total. The van der Waals surface area contributed by atoms with Gasteiger partial charge in [0.15, 0.2) is 0 Å². The predicted octanol–water partition coefficient (Wildman–Crippen LogP) is 4.43. The molecule has 0 aliphatic carbocycles. The summed E-state index contributed by atoms with van der Waals surface area (Å²) in [6, 6.07) is 3.48. The van der Waals surface area contributed by atoms with Gasteiger partial charge >= 0.3 is 6.18 Å². The summed E-state index contributed by atoms with van der Waals surface area (Å²) < 4.78 is 42.7. The van der Waals surface area contributed by atoms with Gasteiger partial charge in [0.25, 0.3) is 0 Å². The molecule has 0 amide bonds. The van der Waals surface area contributed by atoms with E-state index in [4.69, 9.17) is 10.3 Å². The Morgan fingerprint density at radius 2 is 2.11 bits per heavy atom. The van der Waals surface area contributed by atoms with Crippen LogP contribution in [0.5, 0.6) is 5.75 Å². The first-order valence-electron chi connectivity index (χ1n) is 5.41. The molecule has 0 fully saturated rings. The SMILES string of the molecule is COc1cc(C=CCCN=[N+]=[N-])cc(C(F)(F)F)c1. The van der Waals surface area contributed by atoms with Gasteiger partial charge in [-0.25, -0.2) is 0 Å². The molecule has 4 nitrogen and oxygen atoms in total. The number of methoxy groups -OCH3 is 1. The minimum Gasteiger partial charge on any atom is -0.497 e. The average Bonchev–Trinajstić information content (AvgIpc) is 2.37. The van der Waals surface area contributed by atoms with Crippen LogP contribution in [0.3, 0.4) is 0 Å². The molecule has 19 heavy (non-hydrogen) atoms. The van der Waals surface area contributed by atoms with Gasteiger partial charge in [0.1, 0.15) is 5.75 Å². The van der Waals surface area contributed by atoms with Crippen molar-refractivity contribution in [3.05, 3.63) is 45.8 Å². The minimum atomic E-state index is -4.41. The topological polar surface area (TPSA) is 58.0 Å². The van der Waals surface area contributed by atoms with Crippen LogP contribution in [0.15, 0.2) is 29.4 Å². The first-order valence-corrected chi connectivity index (χ1v) is 5.41. The molecule has 1 rings (SSSR count). The lowest BCUT2D eigenvalue weighted by molar-refractivity contribution is -0.137. The quantitative estimate of drug-likeness (QED) is 0.338. The Labute approximate surface area is 108 Å². The zero-order valence-corrected chi connectivity index (χ0v) is 10.2. The second-order valence-corrected chi connectivity index (χ2v) is 3.64. The number of hydrogen-bond donors (Lipinski definition) is 0. The lowest BCUT2D eigenvalue weighted by Crippen LogP contribution is -2.05. The summed E-state index contributed by atoms with van der Waals surface area (Å²) in [7, 11) is 1.31. The molecule has 0 spiro atoms. The van der Waals surface area contributed by atoms with Gasteiger partial charge in [0.05, 0.1) is 12.7 Å². The van der Waals surface area contributed by atoms with Crippen molar-refractivity contribution in [2.45, 2.75) is 12.6 Å². The van der Waals surface area contributed by atoms with Crippen LogP contribution in [0.1, 0.15) is 17.5 Å². The van der Waals surface area contributed by atoms with Crippen LogP contribution in [-0.2, 0) is 6.18 Å². The van der Waals surface area contributed by atoms with Crippen molar-refractivity contribution in [3.8, 4) is 5.75 Å². The van der Waals surface area contributed by atoms with Gasteiger partial charge in [0.2, 0.25) is 0 Å². The van der Waals surface area contributed by atoms with Gasteiger partial charge in [-0.15, -0.1) is 0 Å². The smallest absolute Gasteiger partial charge is 0.416 e. The number of alkyl halides is 3. The van der Waals surface area contributed by atoms with Gasteiger partial charge in [-0.3, -0.25) is 0 Å². The van der Waals surface area contributed by atoms with Crippen LogP contribution in [0.2, 0.25) is 0 Å². The maximum atomic E-state index is 12.6. The number of nitrogens with zero attached hydrogens (tertiary/aromatic N) is 3. The third kappa shape index (κ3) is 4.93. The normalized spacial score (nSPS) is 11.4. The molecule has 7 heteroatoms. The molecule has 0 aliphatic rings. The summed E-state index contributed by atoms with van der Waals surface area (Å²) in [6.07, 6.45) is -0.779. The van der Waals surface area contributed by atoms with E-state index in [2.05, 4.69) is 10.0 Å². The number of ether oxygens (including phenoxy) is 1. The Kier molecular flexibility index (Phi) is 5.26. The van der Waals surface area contributed by atoms with E-state index in [0.29, 0.717) is 12.0 Å². The van der Waals surface area contributed by atoms with E-state index in [9.17, 15) is 13.2 Å². The van der Waals surface area contributed by atoms with Gasteiger partial charge in [0, 0.05) is 11.5 Å². The van der Waals surface area contributed by atoms with Crippen LogP contribution in [0.25, 0.3) is 16.5 Å². The molecule has 1 aromatic carbocycles. The van der Waals surface area contributed by atoms with E-state index in [-0.39, 0.29) is 12.3 Å². The Balaban J connectivity index is 2.91. The van der Waals surface area contributed by atoms with Crippen molar-refractivity contribution in [1.82, 2.24) is 0 Å².